The zero-order valence-electron chi connectivity index (χ0n) is 20.1. The van der Waals surface area contributed by atoms with Gasteiger partial charge >= 0.3 is 12.1 Å². The average molecular weight is 493 g/mol. The summed E-state index contributed by atoms with van der Waals surface area (Å²) >= 11 is 0. The SMILES string of the molecule is COc1cccc(NC(=O)N2CCN(c3ncccc3OCc3ccnc(N(C)C(=O)O)c3)CC2)c1. The number of benzene rings is 1. The average Bonchev–Trinajstić information content (AvgIpc) is 2.92. The molecule has 1 saturated heterocycles. The predicted octanol–water partition coefficient (Wildman–Crippen LogP) is 3.53. The number of rotatable bonds is 7. The number of ether oxygens (including phenoxy) is 2. The van der Waals surface area contributed by atoms with Crippen LogP contribution in [-0.2, 0) is 6.61 Å². The van der Waals surface area contributed by atoms with E-state index in [4.69, 9.17) is 9.47 Å². The van der Waals surface area contributed by atoms with Gasteiger partial charge in [-0.25, -0.2) is 19.6 Å². The molecule has 0 bridgehead atoms. The molecule has 2 N–H and O–H groups in total. The van der Waals surface area contributed by atoms with E-state index in [1.807, 2.05) is 24.3 Å². The van der Waals surface area contributed by atoms with E-state index in [9.17, 15) is 14.7 Å². The van der Waals surface area contributed by atoms with E-state index in [2.05, 4.69) is 20.2 Å². The second-order valence-electron chi connectivity index (χ2n) is 8.11. The lowest BCUT2D eigenvalue weighted by atomic mass is 10.2. The Kier molecular flexibility index (Phi) is 7.69. The van der Waals surface area contributed by atoms with Crippen LogP contribution in [0, 0.1) is 0 Å². The van der Waals surface area contributed by atoms with Crippen molar-refractivity contribution in [3.8, 4) is 11.5 Å². The van der Waals surface area contributed by atoms with Crippen LogP contribution in [0.2, 0.25) is 0 Å². The van der Waals surface area contributed by atoms with Crippen molar-refractivity contribution in [1.29, 1.82) is 0 Å². The van der Waals surface area contributed by atoms with Gasteiger partial charge in [0.05, 0.1) is 7.11 Å². The van der Waals surface area contributed by atoms with E-state index in [1.54, 1.807) is 48.7 Å². The van der Waals surface area contributed by atoms with E-state index >= 15 is 0 Å². The van der Waals surface area contributed by atoms with Gasteiger partial charge in [0, 0.05) is 57.4 Å². The number of piperazine rings is 1. The molecule has 1 fully saturated rings. The number of carbonyl (C=O) groups excluding carboxylic acids is 1. The first-order valence-corrected chi connectivity index (χ1v) is 11.4. The first-order valence-electron chi connectivity index (χ1n) is 11.4. The second-order valence-corrected chi connectivity index (χ2v) is 8.11. The monoisotopic (exact) mass is 492 g/mol. The van der Waals surface area contributed by atoms with Crippen LogP contribution in [-0.4, -0.2) is 72.4 Å². The summed E-state index contributed by atoms with van der Waals surface area (Å²) in [5.41, 5.74) is 1.46. The number of pyridine rings is 2. The lowest BCUT2D eigenvalue weighted by Crippen LogP contribution is -2.50. The molecule has 11 nitrogen and oxygen atoms in total. The van der Waals surface area contributed by atoms with Crippen LogP contribution >= 0.6 is 0 Å². The van der Waals surface area contributed by atoms with Crippen molar-refractivity contribution in [1.82, 2.24) is 14.9 Å². The summed E-state index contributed by atoms with van der Waals surface area (Å²) in [7, 11) is 3.02. The lowest BCUT2D eigenvalue weighted by molar-refractivity contribution is 0.203. The number of methoxy groups -OCH3 is 1. The van der Waals surface area contributed by atoms with E-state index < -0.39 is 6.09 Å². The minimum absolute atomic E-state index is 0.166. The van der Waals surface area contributed by atoms with Crippen LogP contribution in [0.15, 0.2) is 60.9 Å². The Morgan fingerprint density at radius 2 is 1.86 bits per heavy atom. The van der Waals surface area contributed by atoms with Crippen LogP contribution in [0.25, 0.3) is 0 Å². The molecular formula is C25H28N6O5. The number of carbonyl (C=O) groups is 2. The van der Waals surface area contributed by atoms with Crippen LogP contribution in [0.3, 0.4) is 0 Å². The third-order valence-corrected chi connectivity index (χ3v) is 5.77. The standard InChI is InChI=1S/C25H28N6O5/c1-29(25(33)34)22-15-18(8-10-26-22)17-36-21-7-4-9-27-23(21)30-11-13-31(14-12-30)24(32)28-19-5-3-6-20(16-19)35-2/h3-10,15-16H,11-14,17H2,1-2H3,(H,28,32)(H,33,34). The highest BCUT2D eigenvalue weighted by Gasteiger charge is 2.24. The Labute approximate surface area is 208 Å². The number of anilines is 3. The summed E-state index contributed by atoms with van der Waals surface area (Å²) in [6.07, 6.45) is 2.16. The molecular weight excluding hydrogens is 464 g/mol. The number of nitrogens with one attached hydrogen (secondary N) is 1. The fraction of sp³-hybridized carbons (Fsp3) is 0.280. The van der Waals surface area contributed by atoms with Crippen LogP contribution in [0.5, 0.6) is 11.5 Å². The normalized spacial score (nSPS) is 13.2. The molecule has 3 heterocycles. The highest BCUT2D eigenvalue weighted by Crippen LogP contribution is 2.27. The molecule has 0 unspecified atom stereocenters. The highest BCUT2D eigenvalue weighted by atomic mass is 16.5. The maximum absolute atomic E-state index is 12.7. The molecule has 0 radical (unpaired) electrons. The zero-order valence-corrected chi connectivity index (χ0v) is 20.1. The Morgan fingerprint density at radius 3 is 2.61 bits per heavy atom. The maximum atomic E-state index is 12.7. The zero-order chi connectivity index (χ0) is 25.5. The van der Waals surface area contributed by atoms with Gasteiger partial charge in [-0.1, -0.05) is 6.07 Å². The molecule has 1 aromatic carbocycles. The minimum atomic E-state index is -1.09. The Balaban J connectivity index is 1.36. The highest BCUT2D eigenvalue weighted by molar-refractivity contribution is 5.89. The molecule has 0 atom stereocenters. The van der Waals surface area contributed by atoms with Gasteiger partial charge in [0.15, 0.2) is 11.6 Å². The van der Waals surface area contributed by atoms with Gasteiger partial charge in [0.1, 0.15) is 18.2 Å². The van der Waals surface area contributed by atoms with Crippen molar-refractivity contribution in [2.75, 3.05) is 55.5 Å². The van der Waals surface area contributed by atoms with Crippen molar-refractivity contribution < 1.29 is 24.2 Å². The molecule has 3 aromatic rings. The molecule has 0 aliphatic carbocycles. The van der Waals surface area contributed by atoms with Crippen molar-refractivity contribution in [2.24, 2.45) is 0 Å². The molecule has 3 amide bonds. The fourth-order valence-electron chi connectivity index (χ4n) is 3.75. The molecule has 0 spiro atoms. The second kappa shape index (κ2) is 11.3. The number of urea groups is 1. The molecule has 1 aliphatic rings. The third kappa shape index (κ3) is 5.93. The van der Waals surface area contributed by atoms with Gasteiger partial charge in [0.2, 0.25) is 0 Å². The quantitative estimate of drug-likeness (QED) is 0.514. The lowest BCUT2D eigenvalue weighted by Gasteiger charge is -2.35. The number of aromatic nitrogens is 2. The van der Waals surface area contributed by atoms with Gasteiger partial charge in [-0.2, -0.15) is 0 Å². The summed E-state index contributed by atoms with van der Waals surface area (Å²) < 4.78 is 11.3. The maximum Gasteiger partial charge on any atom is 0.412 e. The number of nitrogens with zero attached hydrogens (tertiary/aromatic N) is 5. The van der Waals surface area contributed by atoms with Crippen LogP contribution < -0.4 is 24.6 Å². The number of carboxylic acid groups (broad SMARTS) is 1. The van der Waals surface area contributed by atoms with Crippen LogP contribution in [0.4, 0.5) is 26.9 Å². The van der Waals surface area contributed by atoms with Crippen molar-refractivity contribution >= 4 is 29.4 Å². The Morgan fingerprint density at radius 1 is 1.06 bits per heavy atom. The van der Waals surface area contributed by atoms with Gasteiger partial charge in [-0.3, -0.25) is 4.90 Å². The van der Waals surface area contributed by atoms with E-state index in [0.29, 0.717) is 55.0 Å². The molecule has 4 rings (SSSR count). The van der Waals surface area contributed by atoms with Gasteiger partial charge in [-0.15, -0.1) is 0 Å². The molecule has 0 saturated carbocycles. The van der Waals surface area contributed by atoms with E-state index in [-0.39, 0.29) is 12.6 Å². The largest absolute Gasteiger partial charge is 0.497 e. The molecule has 36 heavy (non-hydrogen) atoms. The fourth-order valence-corrected chi connectivity index (χ4v) is 3.75. The van der Waals surface area contributed by atoms with Gasteiger partial charge < -0.3 is 29.7 Å². The Bertz CT molecular complexity index is 1210. The summed E-state index contributed by atoms with van der Waals surface area (Å²) in [5.74, 6) is 2.30. The first-order chi connectivity index (χ1) is 17.4. The number of hydrogen-bond donors (Lipinski definition) is 2. The number of hydrogen-bond acceptors (Lipinski definition) is 7. The van der Waals surface area contributed by atoms with Crippen molar-refractivity contribution in [3.63, 3.8) is 0 Å². The molecule has 2 aromatic heterocycles. The van der Waals surface area contributed by atoms with Crippen LogP contribution in [0.1, 0.15) is 5.56 Å². The summed E-state index contributed by atoms with van der Waals surface area (Å²) in [4.78, 5) is 37.4. The van der Waals surface area contributed by atoms with Crippen molar-refractivity contribution in [2.45, 2.75) is 6.61 Å². The van der Waals surface area contributed by atoms with E-state index in [0.717, 1.165) is 10.5 Å². The number of amides is 3. The van der Waals surface area contributed by atoms with Crippen molar-refractivity contribution in [3.05, 3.63) is 66.5 Å². The summed E-state index contributed by atoms with van der Waals surface area (Å²) in [6, 6.07) is 14.2. The first kappa shape index (κ1) is 24.6. The smallest absolute Gasteiger partial charge is 0.412 e. The summed E-state index contributed by atoms with van der Waals surface area (Å²) in [6.45, 7) is 2.48. The topological polar surface area (TPSA) is 120 Å². The van der Waals surface area contributed by atoms with Gasteiger partial charge in [0.25, 0.3) is 0 Å². The van der Waals surface area contributed by atoms with Gasteiger partial charge in [-0.05, 0) is 42.0 Å². The van der Waals surface area contributed by atoms with E-state index in [1.165, 1.54) is 7.05 Å². The molecule has 11 heteroatoms. The third-order valence-electron chi connectivity index (χ3n) is 5.77. The Hall–Kier alpha value is -4.54. The molecule has 188 valence electrons. The predicted molar refractivity (Wildman–Crippen MR) is 135 cm³/mol. The molecule has 1 aliphatic heterocycles. The minimum Gasteiger partial charge on any atom is -0.497 e. The summed E-state index contributed by atoms with van der Waals surface area (Å²) in [5, 5.41) is 12.1.